The molecule has 86 valence electrons. The van der Waals surface area contributed by atoms with Gasteiger partial charge in [0.25, 0.3) is 0 Å². The minimum absolute atomic E-state index is 0.0581. The molecule has 0 amide bonds. The molecule has 0 bridgehead atoms. The van der Waals surface area contributed by atoms with Gasteiger partial charge in [-0.2, -0.15) is 0 Å². The number of benzene rings is 1. The molecule has 0 aliphatic heterocycles. The lowest BCUT2D eigenvalue weighted by molar-refractivity contribution is 0.497. The molecule has 2 aliphatic rings. The maximum atomic E-state index is 3.70. The van der Waals surface area contributed by atoms with E-state index in [2.05, 4.69) is 87.4 Å². The maximum Gasteiger partial charge on any atom is 0.0276 e. The van der Waals surface area contributed by atoms with Gasteiger partial charge in [-0.1, -0.05) is 81.3 Å². The molecule has 0 N–H and O–H groups in total. The SMILES string of the molecule is CC12C=c3cccc(Br)c3=CC1C=CC=C2Br. The van der Waals surface area contributed by atoms with E-state index >= 15 is 0 Å². The number of hydrogen-bond acceptors (Lipinski definition) is 0. The van der Waals surface area contributed by atoms with Gasteiger partial charge in [-0.15, -0.1) is 0 Å². The van der Waals surface area contributed by atoms with Gasteiger partial charge in [0.1, 0.15) is 0 Å². The van der Waals surface area contributed by atoms with E-state index in [-0.39, 0.29) is 5.41 Å². The van der Waals surface area contributed by atoms with E-state index in [0.717, 1.165) is 0 Å². The van der Waals surface area contributed by atoms with Gasteiger partial charge in [0, 0.05) is 20.3 Å². The van der Waals surface area contributed by atoms with Gasteiger partial charge in [-0.05, 0) is 16.5 Å². The zero-order valence-electron chi connectivity index (χ0n) is 9.45. The highest BCUT2D eigenvalue weighted by atomic mass is 79.9. The van der Waals surface area contributed by atoms with Crippen LogP contribution in [0.15, 0.2) is 45.4 Å². The quantitative estimate of drug-likeness (QED) is 0.671. The van der Waals surface area contributed by atoms with Crippen LogP contribution in [0.4, 0.5) is 0 Å². The third-order valence-electron chi connectivity index (χ3n) is 3.66. The summed E-state index contributed by atoms with van der Waals surface area (Å²) < 4.78 is 2.42. The average Bonchev–Trinajstić information content (AvgIpc) is 2.29. The van der Waals surface area contributed by atoms with Crippen molar-refractivity contribution in [1.29, 1.82) is 0 Å². The standard InChI is InChI=1S/C15H12Br2/c1-15-9-10-4-2-6-13(16)12(10)8-11(15)5-3-7-14(15)17/h2-9,11H,1H3. The largest absolute Gasteiger partial charge is 0.0763 e. The summed E-state index contributed by atoms with van der Waals surface area (Å²) in [5.74, 6) is 0.424. The highest BCUT2D eigenvalue weighted by Gasteiger charge is 2.35. The molecule has 17 heavy (non-hydrogen) atoms. The maximum absolute atomic E-state index is 3.70. The van der Waals surface area contributed by atoms with Crippen molar-refractivity contribution in [2.75, 3.05) is 0 Å². The van der Waals surface area contributed by atoms with E-state index in [1.165, 1.54) is 19.4 Å². The molecule has 0 heterocycles. The first-order chi connectivity index (χ1) is 8.11. The fraction of sp³-hybridized carbons (Fsp3) is 0.200. The Morgan fingerprint density at radius 1 is 1.24 bits per heavy atom. The molecule has 0 fully saturated rings. The summed E-state index contributed by atoms with van der Waals surface area (Å²) in [7, 11) is 0. The predicted molar refractivity (Wildman–Crippen MR) is 80.1 cm³/mol. The van der Waals surface area contributed by atoms with Crippen molar-refractivity contribution in [3.8, 4) is 0 Å². The molecule has 0 nitrogen and oxygen atoms in total. The number of hydrogen-bond donors (Lipinski definition) is 0. The molecule has 1 aromatic carbocycles. The Labute approximate surface area is 118 Å². The minimum Gasteiger partial charge on any atom is -0.0763 e. The van der Waals surface area contributed by atoms with Crippen LogP contribution in [-0.4, -0.2) is 0 Å². The zero-order chi connectivity index (χ0) is 12.0. The monoisotopic (exact) mass is 350 g/mol. The third-order valence-corrected chi connectivity index (χ3v) is 5.47. The molecule has 0 aromatic heterocycles. The Morgan fingerprint density at radius 3 is 2.88 bits per heavy atom. The average molecular weight is 352 g/mol. The summed E-state index contributed by atoms with van der Waals surface area (Å²) in [5.41, 5.74) is 0.0581. The topological polar surface area (TPSA) is 0 Å². The molecule has 0 spiro atoms. The van der Waals surface area contributed by atoms with Crippen LogP contribution >= 0.6 is 31.9 Å². The van der Waals surface area contributed by atoms with Crippen LogP contribution < -0.4 is 10.4 Å². The van der Waals surface area contributed by atoms with E-state index < -0.39 is 0 Å². The predicted octanol–water partition coefficient (Wildman–Crippen LogP) is 3.49. The Balaban J connectivity index is 2.35. The van der Waals surface area contributed by atoms with E-state index in [1.807, 2.05) is 0 Å². The summed E-state index contributed by atoms with van der Waals surface area (Å²) in [4.78, 5) is 0. The zero-order valence-corrected chi connectivity index (χ0v) is 12.6. The molecule has 2 aliphatic carbocycles. The molecule has 0 saturated carbocycles. The van der Waals surface area contributed by atoms with Crippen LogP contribution in [0.3, 0.4) is 0 Å². The second kappa shape index (κ2) is 3.96. The molecule has 2 heteroatoms. The molecule has 0 radical (unpaired) electrons. The van der Waals surface area contributed by atoms with Crippen LogP contribution in [0.5, 0.6) is 0 Å². The van der Waals surface area contributed by atoms with Crippen molar-refractivity contribution in [2.45, 2.75) is 6.92 Å². The first-order valence-corrected chi connectivity index (χ1v) is 7.23. The second-order valence-electron chi connectivity index (χ2n) is 4.76. The summed E-state index contributed by atoms with van der Waals surface area (Å²) in [6, 6.07) is 6.37. The Morgan fingerprint density at radius 2 is 2.06 bits per heavy atom. The number of fused-ring (bicyclic) bond motifs is 2. The van der Waals surface area contributed by atoms with E-state index in [1.54, 1.807) is 0 Å². The first kappa shape index (κ1) is 11.5. The summed E-state index contributed by atoms with van der Waals surface area (Å²) in [6.07, 6.45) is 11.3. The highest BCUT2D eigenvalue weighted by Crippen LogP contribution is 2.45. The molecule has 2 atom stereocenters. The van der Waals surface area contributed by atoms with Crippen molar-refractivity contribution >= 4 is 44.0 Å². The van der Waals surface area contributed by atoms with Crippen molar-refractivity contribution in [1.82, 2.24) is 0 Å². The lowest BCUT2D eigenvalue weighted by Gasteiger charge is -2.36. The Kier molecular flexibility index (Phi) is 2.68. The van der Waals surface area contributed by atoms with Gasteiger partial charge >= 0.3 is 0 Å². The summed E-state index contributed by atoms with van der Waals surface area (Å²) >= 11 is 7.33. The Bertz CT molecular complexity index is 652. The number of allylic oxidation sites excluding steroid dienone is 4. The van der Waals surface area contributed by atoms with Crippen molar-refractivity contribution < 1.29 is 0 Å². The van der Waals surface area contributed by atoms with Gasteiger partial charge < -0.3 is 0 Å². The molecule has 1 aromatic rings. The fourth-order valence-electron chi connectivity index (χ4n) is 2.55. The lowest BCUT2D eigenvalue weighted by Crippen LogP contribution is -2.39. The lowest BCUT2D eigenvalue weighted by atomic mass is 9.71. The van der Waals surface area contributed by atoms with E-state index in [0.29, 0.717) is 5.92 Å². The molecule has 0 saturated heterocycles. The van der Waals surface area contributed by atoms with Crippen molar-refractivity contribution in [2.24, 2.45) is 11.3 Å². The third kappa shape index (κ3) is 1.69. The van der Waals surface area contributed by atoms with Gasteiger partial charge in [0.2, 0.25) is 0 Å². The Hall–Kier alpha value is -0.600. The van der Waals surface area contributed by atoms with Crippen LogP contribution in [0.1, 0.15) is 6.92 Å². The fourth-order valence-corrected chi connectivity index (χ4v) is 3.60. The number of rotatable bonds is 0. The van der Waals surface area contributed by atoms with Gasteiger partial charge in [-0.3, -0.25) is 0 Å². The first-order valence-electron chi connectivity index (χ1n) is 5.65. The minimum atomic E-state index is 0.0581. The highest BCUT2D eigenvalue weighted by molar-refractivity contribution is 9.11. The van der Waals surface area contributed by atoms with Crippen molar-refractivity contribution in [3.63, 3.8) is 0 Å². The van der Waals surface area contributed by atoms with Crippen LogP contribution in [-0.2, 0) is 0 Å². The van der Waals surface area contributed by atoms with E-state index in [9.17, 15) is 0 Å². The molecular weight excluding hydrogens is 340 g/mol. The van der Waals surface area contributed by atoms with Gasteiger partial charge in [0.15, 0.2) is 0 Å². The van der Waals surface area contributed by atoms with Gasteiger partial charge in [-0.25, -0.2) is 0 Å². The molecular formula is C15H12Br2. The molecule has 3 rings (SSSR count). The summed E-state index contributed by atoms with van der Waals surface area (Å²) in [5, 5.41) is 2.61. The second-order valence-corrected chi connectivity index (χ2v) is 6.47. The number of halogens is 2. The normalized spacial score (nSPS) is 29.6. The van der Waals surface area contributed by atoms with Crippen LogP contribution in [0.2, 0.25) is 0 Å². The van der Waals surface area contributed by atoms with Gasteiger partial charge in [0.05, 0.1) is 0 Å². The van der Waals surface area contributed by atoms with Crippen LogP contribution in [0, 0.1) is 11.3 Å². The van der Waals surface area contributed by atoms with E-state index in [4.69, 9.17) is 0 Å². The van der Waals surface area contributed by atoms with Crippen molar-refractivity contribution in [3.05, 3.63) is 55.8 Å². The summed E-state index contributed by atoms with van der Waals surface area (Å²) in [6.45, 7) is 2.28. The van der Waals surface area contributed by atoms with Crippen LogP contribution in [0.25, 0.3) is 12.2 Å². The smallest absolute Gasteiger partial charge is 0.0276 e. The molecule has 2 unspecified atom stereocenters.